The lowest BCUT2D eigenvalue weighted by Gasteiger charge is -2.25. The molecule has 0 aliphatic carbocycles. The van der Waals surface area contributed by atoms with E-state index in [9.17, 15) is 4.79 Å². The molecule has 2 bridgehead atoms. The summed E-state index contributed by atoms with van der Waals surface area (Å²) in [4.78, 5) is 12.7. The van der Waals surface area contributed by atoms with E-state index < -0.39 is 5.97 Å². The molecule has 0 radical (unpaired) electrons. The Morgan fingerprint density at radius 1 is 1.64 bits per heavy atom. The zero-order valence-electron chi connectivity index (χ0n) is 6.23. The van der Waals surface area contributed by atoms with Crippen molar-refractivity contribution in [2.45, 2.75) is 18.9 Å². The van der Waals surface area contributed by atoms with E-state index in [0.29, 0.717) is 5.92 Å². The summed E-state index contributed by atoms with van der Waals surface area (Å²) in [6, 6.07) is -0.236. The molecule has 0 aromatic rings. The molecule has 0 aromatic carbocycles. The van der Waals surface area contributed by atoms with E-state index in [0.717, 1.165) is 19.4 Å². The largest absolute Gasteiger partial charge is 0.480 e. The van der Waals surface area contributed by atoms with Crippen LogP contribution in [0, 0.1) is 5.92 Å². The van der Waals surface area contributed by atoms with Gasteiger partial charge >= 0.3 is 5.97 Å². The topological polar surface area (TPSA) is 40.5 Å². The van der Waals surface area contributed by atoms with Gasteiger partial charge in [-0.1, -0.05) is 6.08 Å². The minimum absolute atomic E-state index is 0.236. The van der Waals surface area contributed by atoms with Gasteiger partial charge in [0.2, 0.25) is 0 Å². The lowest BCUT2D eigenvalue weighted by atomic mass is 9.95. The highest BCUT2D eigenvalue weighted by Crippen LogP contribution is 2.31. The Hall–Kier alpha value is -0.990. The molecule has 0 spiro atoms. The first-order valence-electron chi connectivity index (χ1n) is 3.94. The third-order valence-corrected chi connectivity index (χ3v) is 2.55. The van der Waals surface area contributed by atoms with E-state index in [4.69, 9.17) is 5.11 Å². The second kappa shape index (κ2) is 2.26. The van der Waals surface area contributed by atoms with E-state index in [1.165, 1.54) is 0 Å². The van der Waals surface area contributed by atoms with Crippen molar-refractivity contribution in [3.05, 3.63) is 12.3 Å². The van der Waals surface area contributed by atoms with Crippen LogP contribution >= 0.6 is 0 Å². The average Bonchev–Trinajstić information content (AvgIpc) is 2.23. The predicted octanol–water partition coefficient (Wildman–Crippen LogP) is 0.679. The van der Waals surface area contributed by atoms with Crippen molar-refractivity contribution < 1.29 is 9.90 Å². The summed E-state index contributed by atoms with van der Waals surface area (Å²) >= 11 is 0. The van der Waals surface area contributed by atoms with Crippen molar-refractivity contribution in [1.29, 1.82) is 0 Å². The fraction of sp³-hybridized carbons (Fsp3) is 0.625. The Kier molecular flexibility index (Phi) is 1.37. The van der Waals surface area contributed by atoms with Crippen LogP contribution in [0.5, 0.6) is 0 Å². The lowest BCUT2D eigenvalue weighted by molar-refractivity contribution is -0.142. The highest BCUT2D eigenvalue weighted by Gasteiger charge is 2.38. The maximum atomic E-state index is 10.7. The third-order valence-electron chi connectivity index (χ3n) is 2.55. The van der Waals surface area contributed by atoms with Gasteiger partial charge in [0.05, 0.1) is 0 Å². The molecular weight excluding hydrogens is 142 g/mol. The molecule has 11 heavy (non-hydrogen) atoms. The van der Waals surface area contributed by atoms with Gasteiger partial charge in [-0.05, 0) is 25.0 Å². The summed E-state index contributed by atoms with van der Waals surface area (Å²) in [5, 5.41) is 8.84. The Morgan fingerprint density at radius 3 is 3.00 bits per heavy atom. The van der Waals surface area contributed by atoms with Crippen LogP contribution in [0.1, 0.15) is 12.8 Å². The Labute approximate surface area is 65.3 Å². The van der Waals surface area contributed by atoms with Gasteiger partial charge < -0.3 is 10.0 Å². The van der Waals surface area contributed by atoms with E-state index >= 15 is 0 Å². The van der Waals surface area contributed by atoms with Gasteiger partial charge in [0.25, 0.3) is 0 Å². The molecule has 2 aliphatic rings. The van der Waals surface area contributed by atoms with Crippen molar-refractivity contribution in [1.82, 2.24) is 4.90 Å². The molecular formula is C8H11NO2. The number of hydrogen-bond acceptors (Lipinski definition) is 2. The number of carbonyl (C=O) groups is 1. The van der Waals surface area contributed by atoms with Crippen molar-refractivity contribution in [2.75, 3.05) is 6.54 Å². The van der Waals surface area contributed by atoms with Gasteiger partial charge in [-0.15, -0.1) is 0 Å². The van der Waals surface area contributed by atoms with Crippen molar-refractivity contribution >= 4 is 5.97 Å². The van der Waals surface area contributed by atoms with Crippen LogP contribution in [0.3, 0.4) is 0 Å². The summed E-state index contributed by atoms with van der Waals surface area (Å²) in [5.41, 5.74) is 0. The van der Waals surface area contributed by atoms with Gasteiger partial charge in [-0.2, -0.15) is 0 Å². The minimum atomic E-state index is -0.670. The molecule has 0 amide bonds. The van der Waals surface area contributed by atoms with Crippen molar-refractivity contribution in [2.24, 2.45) is 5.92 Å². The molecule has 2 aliphatic heterocycles. The fourth-order valence-electron chi connectivity index (χ4n) is 2.01. The van der Waals surface area contributed by atoms with Crippen LogP contribution in [-0.4, -0.2) is 28.6 Å². The van der Waals surface area contributed by atoms with Crippen LogP contribution in [0.2, 0.25) is 0 Å². The van der Waals surface area contributed by atoms with Gasteiger partial charge in [-0.3, -0.25) is 0 Å². The van der Waals surface area contributed by atoms with Gasteiger partial charge in [0, 0.05) is 6.54 Å². The first kappa shape index (κ1) is 6.70. The molecule has 3 nitrogen and oxygen atoms in total. The number of rotatable bonds is 1. The fourth-order valence-corrected chi connectivity index (χ4v) is 2.01. The van der Waals surface area contributed by atoms with Crippen molar-refractivity contribution in [3.8, 4) is 0 Å². The smallest absolute Gasteiger partial charge is 0.326 e. The second-order valence-electron chi connectivity index (χ2n) is 3.19. The summed E-state index contributed by atoms with van der Waals surface area (Å²) in [6.07, 6.45) is 5.96. The first-order valence-corrected chi connectivity index (χ1v) is 3.94. The molecule has 60 valence electrons. The van der Waals surface area contributed by atoms with Gasteiger partial charge in [-0.25, -0.2) is 4.79 Å². The quantitative estimate of drug-likeness (QED) is 0.602. The highest BCUT2D eigenvalue weighted by molar-refractivity contribution is 5.74. The number of hydrogen-bond donors (Lipinski definition) is 1. The SMILES string of the molecule is O=C(O)C1C2CC=CN1CC2. The average molecular weight is 153 g/mol. The lowest BCUT2D eigenvalue weighted by Crippen LogP contribution is -2.38. The van der Waals surface area contributed by atoms with Crippen molar-refractivity contribution in [3.63, 3.8) is 0 Å². The molecule has 1 saturated heterocycles. The van der Waals surface area contributed by atoms with Crippen LogP contribution in [0.25, 0.3) is 0 Å². The second-order valence-corrected chi connectivity index (χ2v) is 3.19. The molecule has 0 aromatic heterocycles. The normalized spacial score (nSPS) is 34.4. The number of aliphatic carboxylic acids is 1. The Bertz CT molecular complexity index is 212. The van der Waals surface area contributed by atoms with Crippen LogP contribution < -0.4 is 0 Å². The highest BCUT2D eigenvalue weighted by atomic mass is 16.4. The summed E-state index contributed by atoms with van der Waals surface area (Å²) < 4.78 is 0. The molecule has 2 rings (SSSR count). The number of allylic oxidation sites excluding steroid dienone is 1. The Balaban J connectivity index is 2.23. The van der Waals surface area contributed by atoms with Crippen LogP contribution in [0.4, 0.5) is 0 Å². The first-order chi connectivity index (χ1) is 5.29. The molecule has 0 saturated carbocycles. The van der Waals surface area contributed by atoms with Crippen LogP contribution in [0.15, 0.2) is 12.3 Å². The van der Waals surface area contributed by atoms with E-state index in [1.807, 2.05) is 11.1 Å². The third kappa shape index (κ3) is 0.914. The zero-order chi connectivity index (χ0) is 7.84. The minimum Gasteiger partial charge on any atom is -0.480 e. The molecule has 1 N–H and O–H groups in total. The molecule has 2 heterocycles. The summed E-state index contributed by atoms with van der Waals surface area (Å²) in [5.74, 6) is -0.311. The van der Waals surface area contributed by atoms with E-state index in [2.05, 4.69) is 6.08 Å². The standard InChI is InChI=1S/C8H11NO2/c10-8(11)7-6-2-1-4-9(7)5-3-6/h1,4,6-7H,2-3,5H2,(H,10,11). The number of nitrogens with zero attached hydrogens (tertiary/aromatic N) is 1. The Morgan fingerprint density at radius 2 is 2.45 bits per heavy atom. The summed E-state index contributed by atoms with van der Waals surface area (Å²) in [6.45, 7) is 0.915. The maximum Gasteiger partial charge on any atom is 0.326 e. The molecule has 2 unspecified atom stereocenters. The monoisotopic (exact) mass is 153 g/mol. The van der Waals surface area contributed by atoms with Gasteiger partial charge in [0.15, 0.2) is 0 Å². The predicted molar refractivity (Wildman–Crippen MR) is 40.0 cm³/mol. The van der Waals surface area contributed by atoms with E-state index in [-0.39, 0.29) is 6.04 Å². The molecule has 2 atom stereocenters. The number of carboxylic acid groups (broad SMARTS) is 1. The van der Waals surface area contributed by atoms with E-state index in [1.54, 1.807) is 0 Å². The summed E-state index contributed by atoms with van der Waals surface area (Å²) in [7, 11) is 0. The van der Waals surface area contributed by atoms with Gasteiger partial charge in [0.1, 0.15) is 6.04 Å². The zero-order valence-corrected chi connectivity index (χ0v) is 6.23. The molecule has 3 heteroatoms. The molecule has 1 fully saturated rings. The number of fused-ring (bicyclic) bond motifs is 2. The van der Waals surface area contributed by atoms with Crippen LogP contribution in [-0.2, 0) is 4.79 Å². The number of carboxylic acids is 1. The maximum absolute atomic E-state index is 10.7.